The quantitative estimate of drug-likeness (QED) is 0.563. The van der Waals surface area contributed by atoms with E-state index < -0.39 is 6.10 Å². The van der Waals surface area contributed by atoms with Gasteiger partial charge in [0.1, 0.15) is 0 Å². The lowest BCUT2D eigenvalue weighted by Crippen LogP contribution is -2.43. The molecular weight excluding hydrogens is 396 g/mol. The molecule has 0 radical (unpaired) electrons. The van der Waals surface area contributed by atoms with Crippen molar-refractivity contribution < 1.29 is 5.11 Å². The van der Waals surface area contributed by atoms with Gasteiger partial charge in [-0.05, 0) is 74.3 Å². The highest BCUT2D eigenvalue weighted by Crippen LogP contribution is 2.25. The molecule has 1 aromatic carbocycles. The largest absolute Gasteiger partial charge is 0.387 e. The van der Waals surface area contributed by atoms with Crippen LogP contribution >= 0.6 is 0 Å². The minimum absolute atomic E-state index is 0.497. The van der Waals surface area contributed by atoms with Gasteiger partial charge in [-0.3, -0.25) is 9.97 Å². The third-order valence-corrected chi connectivity index (χ3v) is 5.77. The van der Waals surface area contributed by atoms with Gasteiger partial charge >= 0.3 is 0 Å². The molecule has 1 aliphatic rings. The number of rotatable bonds is 7. The smallest absolute Gasteiger partial charge is 0.0923 e. The van der Waals surface area contributed by atoms with Crippen LogP contribution in [0.25, 0.3) is 17.0 Å². The maximum atomic E-state index is 10.9. The van der Waals surface area contributed by atoms with E-state index in [0.29, 0.717) is 12.6 Å². The second kappa shape index (κ2) is 12.4. The Morgan fingerprint density at radius 2 is 1.94 bits per heavy atom. The zero-order chi connectivity index (χ0) is 22.8. The third-order valence-electron chi connectivity index (χ3n) is 5.77. The fourth-order valence-electron chi connectivity index (χ4n) is 4.12. The van der Waals surface area contributed by atoms with E-state index in [0.717, 1.165) is 60.2 Å². The number of fused-ring (bicyclic) bond motifs is 1. The monoisotopic (exact) mass is 432 g/mol. The summed E-state index contributed by atoms with van der Waals surface area (Å²) in [5.74, 6) is 0. The second-order valence-electron chi connectivity index (χ2n) is 8.08. The summed E-state index contributed by atoms with van der Waals surface area (Å²) in [6, 6.07) is 14.6. The highest BCUT2D eigenvalue weighted by Gasteiger charge is 2.22. The number of piperidine rings is 1. The molecule has 170 valence electrons. The fourth-order valence-corrected chi connectivity index (χ4v) is 4.12. The predicted octanol–water partition coefficient (Wildman–Crippen LogP) is 4.77. The minimum Gasteiger partial charge on any atom is -0.387 e. The molecule has 0 aliphatic carbocycles. The van der Waals surface area contributed by atoms with E-state index in [4.69, 9.17) is 0 Å². The van der Waals surface area contributed by atoms with E-state index in [9.17, 15) is 5.11 Å². The lowest BCUT2D eigenvalue weighted by molar-refractivity contribution is 0.0955. The fraction of sp³-hybridized carbons (Fsp3) is 0.407. The molecule has 2 N–H and O–H groups in total. The number of aliphatic hydroxyl groups excluding tert-OH is 1. The van der Waals surface area contributed by atoms with Gasteiger partial charge in [0.15, 0.2) is 0 Å². The lowest BCUT2D eigenvalue weighted by Gasteiger charge is -2.33. The number of aliphatic hydroxyl groups is 1. The van der Waals surface area contributed by atoms with Gasteiger partial charge in [0, 0.05) is 36.9 Å². The van der Waals surface area contributed by atoms with E-state index in [1.54, 1.807) is 0 Å². The normalized spacial score (nSPS) is 16.1. The molecule has 5 heteroatoms. The number of aryl methyl sites for hydroxylation is 1. The van der Waals surface area contributed by atoms with Crippen molar-refractivity contribution in [3.63, 3.8) is 0 Å². The molecule has 32 heavy (non-hydrogen) atoms. The summed E-state index contributed by atoms with van der Waals surface area (Å²) in [6.45, 7) is 9.56. The zero-order valence-electron chi connectivity index (χ0n) is 19.5. The van der Waals surface area contributed by atoms with Gasteiger partial charge in [0.25, 0.3) is 0 Å². The van der Waals surface area contributed by atoms with Crippen molar-refractivity contribution in [1.82, 2.24) is 20.2 Å². The highest BCUT2D eigenvalue weighted by molar-refractivity contribution is 5.83. The first-order chi connectivity index (χ1) is 15.7. The Balaban J connectivity index is 0.00000141. The van der Waals surface area contributed by atoms with Crippen LogP contribution in [0.1, 0.15) is 49.6 Å². The number of likely N-dealkylation sites (tertiary alicyclic amines) is 1. The molecule has 1 unspecified atom stereocenters. The predicted molar refractivity (Wildman–Crippen MR) is 134 cm³/mol. The Morgan fingerprint density at radius 1 is 1.12 bits per heavy atom. The Bertz CT molecular complexity index is 981. The Labute approximate surface area is 192 Å². The second-order valence-corrected chi connectivity index (χ2v) is 8.08. The standard InChI is InChI=1S/C25H30N4O.C2H6/c1-19-16-23-22(8-4-9-24(23)28-17-19)25(30)18-29-14-10-21(11-15-29)27-13-5-7-20-6-2-3-12-26-20;1-2/h2-9,12,16-17,21,25,27,30H,10-11,13-15,18H2,1H3;1-2H3/b7-5+;. The molecule has 1 fully saturated rings. The van der Waals surface area contributed by atoms with Crippen LogP contribution in [0, 0.1) is 6.92 Å². The first kappa shape index (κ1) is 24.1. The van der Waals surface area contributed by atoms with Gasteiger partial charge in [-0.15, -0.1) is 0 Å². The first-order valence-corrected chi connectivity index (χ1v) is 11.8. The van der Waals surface area contributed by atoms with Gasteiger partial charge in [0.05, 0.1) is 17.3 Å². The maximum absolute atomic E-state index is 10.9. The van der Waals surface area contributed by atoms with Gasteiger partial charge in [-0.2, -0.15) is 0 Å². The SMILES string of the molecule is CC.Cc1cnc2cccc(C(O)CN3CCC(NC/C=C/c4ccccn4)CC3)c2c1. The van der Waals surface area contributed by atoms with Crippen LogP contribution in [-0.4, -0.2) is 52.2 Å². The molecular formula is C27H36N4O. The van der Waals surface area contributed by atoms with Gasteiger partial charge in [-0.1, -0.05) is 38.1 Å². The summed E-state index contributed by atoms with van der Waals surface area (Å²) in [5, 5.41) is 15.6. The van der Waals surface area contributed by atoms with Crippen LogP contribution in [-0.2, 0) is 0 Å². The van der Waals surface area contributed by atoms with E-state index in [1.165, 1.54) is 0 Å². The molecule has 2 aromatic heterocycles. The Kier molecular flexibility index (Phi) is 9.35. The molecule has 1 saturated heterocycles. The number of hydrogen-bond donors (Lipinski definition) is 2. The summed E-state index contributed by atoms with van der Waals surface area (Å²) in [4.78, 5) is 11.2. The minimum atomic E-state index is -0.497. The number of benzene rings is 1. The van der Waals surface area contributed by atoms with E-state index in [2.05, 4.69) is 38.4 Å². The summed E-state index contributed by atoms with van der Waals surface area (Å²) in [6.07, 6.45) is 9.58. The molecule has 3 aromatic rings. The van der Waals surface area contributed by atoms with Crippen molar-refractivity contribution in [3.8, 4) is 0 Å². The summed E-state index contributed by atoms with van der Waals surface area (Å²) < 4.78 is 0. The zero-order valence-corrected chi connectivity index (χ0v) is 19.5. The topological polar surface area (TPSA) is 61.3 Å². The van der Waals surface area contributed by atoms with Crippen molar-refractivity contribution in [2.45, 2.75) is 45.8 Å². The molecule has 0 bridgehead atoms. The molecule has 5 nitrogen and oxygen atoms in total. The van der Waals surface area contributed by atoms with Crippen LogP contribution < -0.4 is 5.32 Å². The van der Waals surface area contributed by atoms with E-state index >= 15 is 0 Å². The van der Waals surface area contributed by atoms with Crippen molar-refractivity contribution >= 4 is 17.0 Å². The first-order valence-electron chi connectivity index (χ1n) is 11.8. The molecule has 1 aliphatic heterocycles. The molecule has 4 rings (SSSR count). The van der Waals surface area contributed by atoms with Crippen molar-refractivity contribution in [3.05, 3.63) is 77.8 Å². The maximum Gasteiger partial charge on any atom is 0.0923 e. The molecule has 0 amide bonds. The summed E-state index contributed by atoms with van der Waals surface area (Å²) in [5.41, 5.74) is 4.02. The number of hydrogen-bond acceptors (Lipinski definition) is 5. The summed E-state index contributed by atoms with van der Waals surface area (Å²) >= 11 is 0. The van der Waals surface area contributed by atoms with Crippen LogP contribution in [0.3, 0.4) is 0 Å². The molecule has 0 spiro atoms. The Morgan fingerprint density at radius 3 is 2.69 bits per heavy atom. The van der Waals surface area contributed by atoms with E-state index in [-0.39, 0.29) is 0 Å². The number of β-amino-alcohol motifs (C(OH)–C–C–N with tert-alkyl or cyclic N) is 1. The summed E-state index contributed by atoms with van der Waals surface area (Å²) in [7, 11) is 0. The van der Waals surface area contributed by atoms with E-state index in [1.807, 2.05) is 69.6 Å². The average Bonchev–Trinajstić information content (AvgIpc) is 2.84. The van der Waals surface area contributed by atoms with Gasteiger partial charge in [-0.25, -0.2) is 0 Å². The molecule has 3 heterocycles. The van der Waals surface area contributed by atoms with Gasteiger partial charge in [0.2, 0.25) is 0 Å². The van der Waals surface area contributed by atoms with Crippen LogP contribution in [0.2, 0.25) is 0 Å². The number of nitrogens with zero attached hydrogens (tertiary/aromatic N) is 3. The van der Waals surface area contributed by atoms with Crippen molar-refractivity contribution in [2.75, 3.05) is 26.2 Å². The van der Waals surface area contributed by atoms with Gasteiger partial charge < -0.3 is 15.3 Å². The number of aromatic nitrogens is 2. The van der Waals surface area contributed by atoms with Crippen LogP contribution in [0.15, 0.2) is 60.9 Å². The highest BCUT2D eigenvalue weighted by atomic mass is 16.3. The number of nitrogens with one attached hydrogen (secondary N) is 1. The van der Waals surface area contributed by atoms with Crippen LogP contribution in [0.4, 0.5) is 0 Å². The lowest BCUT2D eigenvalue weighted by atomic mass is 10.00. The Hall–Kier alpha value is -2.60. The van der Waals surface area contributed by atoms with Crippen molar-refractivity contribution in [2.24, 2.45) is 0 Å². The molecule has 0 saturated carbocycles. The number of pyridine rings is 2. The average molecular weight is 433 g/mol. The van der Waals surface area contributed by atoms with Crippen LogP contribution in [0.5, 0.6) is 0 Å². The third kappa shape index (κ3) is 6.70. The van der Waals surface area contributed by atoms with Crippen molar-refractivity contribution in [1.29, 1.82) is 0 Å². The molecule has 1 atom stereocenters.